The van der Waals surface area contributed by atoms with Crippen LogP contribution in [0.2, 0.25) is 0 Å². The highest BCUT2D eigenvalue weighted by atomic mass is 16.5. The van der Waals surface area contributed by atoms with Crippen LogP contribution in [-0.2, 0) is 18.4 Å². The van der Waals surface area contributed by atoms with Crippen LogP contribution in [0.1, 0.15) is 39.0 Å². The summed E-state index contributed by atoms with van der Waals surface area (Å²) >= 11 is 0. The molecule has 4 nitrogen and oxygen atoms in total. The lowest BCUT2D eigenvalue weighted by Gasteiger charge is -2.05. The second kappa shape index (κ2) is 6.45. The second-order valence-corrected chi connectivity index (χ2v) is 3.44. The van der Waals surface area contributed by atoms with E-state index in [1.165, 1.54) is 0 Å². The lowest BCUT2D eigenvalue weighted by molar-refractivity contribution is 0.0630. The van der Waals surface area contributed by atoms with Gasteiger partial charge in [0.1, 0.15) is 5.82 Å². The van der Waals surface area contributed by atoms with Crippen LogP contribution in [0.4, 0.5) is 5.82 Å². The number of hydrogen-bond donors (Lipinski definition) is 1. The van der Waals surface area contributed by atoms with Gasteiger partial charge in [-0.2, -0.15) is 5.10 Å². The zero-order chi connectivity index (χ0) is 12.0. The van der Waals surface area contributed by atoms with Gasteiger partial charge in [-0.25, -0.2) is 0 Å². The molecule has 0 unspecified atom stereocenters. The zero-order valence-electron chi connectivity index (χ0n) is 10.7. The zero-order valence-corrected chi connectivity index (χ0v) is 10.7. The molecule has 0 saturated heterocycles. The van der Waals surface area contributed by atoms with Crippen LogP contribution in [0, 0.1) is 6.92 Å². The molecule has 0 aromatic carbocycles. The fourth-order valence-electron chi connectivity index (χ4n) is 1.08. The van der Waals surface area contributed by atoms with Crippen LogP contribution in [0.25, 0.3) is 0 Å². The number of aryl methyl sites for hydroxylation is 1. The molecule has 0 amide bonds. The Morgan fingerprint density at radius 1 is 1.40 bits per heavy atom. The first-order valence-corrected chi connectivity index (χ1v) is 5.42. The van der Waals surface area contributed by atoms with Gasteiger partial charge in [0.2, 0.25) is 0 Å². The fourth-order valence-corrected chi connectivity index (χ4v) is 1.08. The molecule has 0 aliphatic rings. The molecule has 0 saturated carbocycles. The summed E-state index contributed by atoms with van der Waals surface area (Å²) in [6.45, 7) is 10.5. The third-order valence-corrected chi connectivity index (χ3v) is 1.99. The lowest BCUT2D eigenvalue weighted by Crippen LogP contribution is -2.03. The lowest BCUT2D eigenvalue weighted by atomic mass is 10.2. The van der Waals surface area contributed by atoms with Crippen molar-refractivity contribution in [3.63, 3.8) is 0 Å². The smallest absolute Gasteiger partial charge is 0.124 e. The van der Waals surface area contributed by atoms with Crippen LogP contribution >= 0.6 is 0 Å². The largest absolute Gasteiger partial charge is 0.384 e. The van der Waals surface area contributed by atoms with Crippen molar-refractivity contribution in [2.45, 2.75) is 47.3 Å². The Hall–Kier alpha value is -1.03. The van der Waals surface area contributed by atoms with Crippen molar-refractivity contribution in [3.8, 4) is 0 Å². The van der Waals surface area contributed by atoms with E-state index in [4.69, 9.17) is 10.5 Å². The van der Waals surface area contributed by atoms with Crippen molar-refractivity contribution >= 4 is 5.82 Å². The van der Waals surface area contributed by atoms with E-state index in [9.17, 15) is 0 Å². The number of nitrogens with zero attached hydrogens (tertiary/aromatic N) is 2. The third kappa shape index (κ3) is 3.91. The highest BCUT2D eigenvalue weighted by Gasteiger charge is 2.09. The highest BCUT2D eigenvalue weighted by Crippen LogP contribution is 2.15. The average molecular weight is 213 g/mol. The Kier molecular flexibility index (Phi) is 6.01. The number of nitrogen functional groups attached to an aromatic ring is 1. The van der Waals surface area contributed by atoms with Crippen molar-refractivity contribution < 1.29 is 4.74 Å². The normalized spacial score (nSPS) is 10.1. The second-order valence-electron chi connectivity index (χ2n) is 3.44. The van der Waals surface area contributed by atoms with E-state index in [0.717, 1.165) is 11.3 Å². The van der Waals surface area contributed by atoms with Crippen molar-refractivity contribution in [3.05, 3.63) is 11.3 Å². The SMILES string of the molecule is CC.Cc1c(COC(C)C)nn(C)c1N. The molecule has 0 radical (unpaired) electrons. The predicted molar refractivity (Wildman–Crippen MR) is 63.6 cm³/mol. The minimum absolute atomic E-state index is 0.225. The molecule has 2 N–H and O–H groups in total. The molecule has 0 aliphatic carbocycles. The Morgan fingerprint density at radius 3 is 2.27 bits per heavy atom. The molecule has 88 valence electrons. The van der Waals surface area contributed by atoms with Gasteiger partial charge in [0.05, 0.1) is 18.4 Å². The van der Waals surface area contributed by atoms with Gasteiger partial charge in [-0.05, 0) is 20.8 Å². The van der Waals surface area contributed by atoms with Gasteiger partial charge in [-0.1, -0.05) is 13.8 Å². The van der Waals surface area contributed by atoms with Crippen molar-refractivity contribution in [2.75, 3.05) is 5.73 Å². The number of aromatic nitrogens is 2. The van der Waals surface area contributed by atoms with Gasteiger partial charge < -0.3 is 10.5 Å². The maximum absolute atomic E-state index is 5.75. The first-order chi connectivity index (χ1) is 7.02. The van der Waals surface area contributed by atoms with Crippen LogP contribution in [-0.4, -0.2) is 15.9 Å². The van der Waals surface area contributed by atoms with E-state index in [-0.39, 0.29) is 6.10 Å². The van der Waals surface area contributed by atoms with E-state index < -0.39 is 0 Å². The molecular formula is C11H23N3O. The van der Waals surface area contributed by atoms with Crippen LogP contribution in [0.3, 0.4) is 0 Å². The molecule has 0 fully saturated rings. The van der Waals surface area contributed by atoms with E-state index in [1.54, 1.807) is 4.68 Å². The molecule has 4 heteroatoms. The Balaban J connectivity index is 0.000000921. The van der Waals surface area contributed by atoms with Gasteiger partial charge in [-0.3, -0.25) is 4.68 Å². The van der Waals surface area contributed by atoms with Crippen LogP contribution in [0.5, 0.6) is 0 Å². The molecular weight excluding hydrogens is 190 g/mol. The molecule has 1 rings (SSSR count). The summed E-state index contributed by atoms with van der Waals surface area (Å²) in [6, 6.07) is 0. The molecule has 1 aromatic heterocycles. The Morgan fingerprint density at radius 2 is 1.93 bits per heavy atom. The summed E-state index contributed by atoms with van der Waals surface area (Å²) in [5.74, 6) is 0.711. The van der Waals surface area contributed by atoms with Gasteiger partial charge in [0.25, 0.3) is 0 Å². The molecule has 15 heavy (non-hydrogen) atoms. The monoisotopic (exact) mass is 213 g/mol. The van der Waals surface area contributed by atoms with Gasteiger partial charge >= 0.3 is 0 Å². The van der Waals surface area contributed by atoms with Gasteiger partial charge in [0.15, 0.2) is 0 Å². The predicted octanol–water partition coefficient (Wildman–Crippen LogP) is 2.26. The summed E-state index contributed by atoms with van der Waals surface area (Å²) in [6.07, 6.45) is 0.225. The van der Waals surface area contributed by atoms with E-state index >= 15 is 0 Å². The number of anilines is 1. The summed E-state index contributed by atoms with van der Waals surface area (Å²) < 4.78 is 7.12. The third-order valence-electron chi connectivity index (χ3n) is 1.99. The molecule has 0 bridgehead atoms. The molecule has 1 heterocycles. The van der Waals surface area contributed by atoms with Crippen molar-refractivity contribution in [1.82, 2.24) is 9.78 Å². The van der Waals surface area contributed by atoms with Crippen LogP contribution < -0.4 is 5.73 Å². The average Bonchev–Trinajstić information content (AvgIpc) is 2.46. The quantitative estimate of drug-likeness (QED) is 0.838. The summed E-state index contributed by atoms with van der Waals surface area (Å²) in [7, 11) is 1.83. The maximum atomic E-state index is 5.75. The molecule has 0 spiro atoms. The van der Waals surface area contributed by atoms with E-state index in [1.807, 2.05) is 41.7 Å². The number of nitrogens with two attached hydrogens (primary N) is 1. The Labute approximate surface area is 92.4 Å². The van der Waals surface area contributed by atoms with Crippen molar-refractivity contribution in [2.24, 2.45) is 7.05 Å². The summed E-state index contributed by atoms with van der Waals surface area (Å²) in [4.78, 5) is 0. The van der Waals surface area contributed by atoms with Crippen LogP contribution in [0.15, 0.2) is 0 Å². The summed E-state index contributed by atoms with van der Waals surface area (Å²) in [5, 5.41) is 4.25. The minimum atomic E-state index is 0.225. The van der Waals surface area contributed by atoms with E-state index in [0.29, 0.717) is 12.4 Å². The Bertz CT molecular complexity index is 292. The maximum Gasteiger partial charge on any atom is 0.124 e. The summed E-state index contributed by atoms with van der Waals surface area (Å²) in [5.41, 5.74) is 7.70. The number of rotatable bonds is 3. The highest BCUT2D eigenvalue weighted by molar-refractivity contribution is 5.41. The standard InChI is InChI=1S/C9H17N3O.C2H6/c1-6(2)13-5-8-7(3)9(10)12(4)11-8;1-2/h6H,5,10H2,1-4H3;1-2H3. The number of ether oxygens (including phenoxy) is 1. The molecule has 1 aromatic rings. The first-order valence-electron chi connectivity index (χ1n) is 5.42. The minimum Gasteiger partial charge on any atom is -0.384 e. The van der Waals surface area contributed by atoms with E-state index in [2.05, 4.69) is 5.10 Å². The van der Waals surface area contributed by atoms with Gasteiger partial charge in [0, 0.05) is 12.6 Å². The van der Waals surface area contributed by atoms with Gasteiger partial charge in [-0.15, -0.1) is 0 Å². The number of hydrogen-bond acceptors (Lipinski definition) is 3. The van der Waals surface area contributed by atoms with Crippen molar-refractivity contribution in [1.29, 1.82) is 0 Å². The first kappa shape index (κ1) is 14.0. The molecule has 0 atom stereocenters. The topological polar surface area (TPSA) is 53.1 Å². The fraction of sp³-hybridized carbons (Fsp3) is 0.727. The molecule has 0 aliphatic heterocycles.